The Labute approximate surface area is 188 Å². The summed E-state index contributed by atoms with van der Waals surface area (Å²) in [4.78, 5) is 26.7. The van der Waals surface area contributed by atoms with Gasteiger partial charge in [0.15, 0.2) is 0 Å². The van der Waals surface area contributed by atoms with Gasteiger partial charge in [-0.15, -0.1) is 0 Å². The number of amides is 1. The van der Waals surface area contributed by atoms with E-state index in [4.69, 9.17) is 9.26 Å². The van der Waals surface area contributed by atoms with Gasteiger partial charge in [-0.1, -0.05) is 11.6 Å². The number of piperidine rings is 1. The maximum Gasteiger partial charge on any atom is 0.230 e. The van der Waals surface area contributed by atoms with Crippen LogP contribution in [-0.2, 0) is 9.53 Å². The summed E-state index contributed by atoms with van der Waals surface area (Å²) in [7, 11) is 0. The molecule has 32 heavy (non-hydrogen) atoms. The molecule has 5 rings (SSSR count). The fraction of sp³-hybridized carbons (Fsp3) is 0.652. The molecule has 4 heterocycles. The molecule has 2 aromatic rings. The SMILES string of the molecule is O=C(NCCN1CCOCC1)[C@@H]1CCCN(c2ncccc2-c2noc(C3CCC3)n2)C1. The van der Waals surface area contributed by atoms with Gasteiger partial charge in [0.05, 0.1) is 24.7 Å². The maximum atomic E-state index is 12.8. The average molecular weight is 441 g/mol. The van der Waals surface area contributed by atoms with Crippen molar-refractivity contribution < 1.29 is 14.1 Å². The van der Waals surface area contributed by atoms with Crippen LogP contribution in [0, 0.1) is 5.92 Å². The highest BCUT2D eigenvalue weighted by atomic mass is 16.5. The van der Waals surface area contributed by atoms with Gasteiger partial charge in [-0.25, -0.2) is 4.98 Å². The van der Waals surface area contributed by atoms with Crippen LogP contribution in [0.15, 0.2) is 22.9 Å². The van der Waals surface area contributed by atoms with Crippen molar-refractivity contribution >= 4 is 11.7 Å². The second kappa shape index (κ2) is 9.95. The summed E-state index contributed by atoms with van der Waals surface area (Å²) in [5.41, 5.74) is 0.871. The summed E-state index contributed by atoms with van der Waals surface area (Å²) in [5, 5.41) is 7.38. The summed E-state index contributed by atoms with van der Waals surface area (Å²) in [6.07, 6.45) is 7.11. The van der Waals surface area contributed by atoms with E-state index in [2.05, 4.69) is 30.2 Å². The first kappa shape index (κ1) is 21.3. The van der Waals surface area contributed by atoms with Gasteiger partial charge in [-0.2, -0.15) is 4.98 Å². The molecule has 9 nitrogen and oxygen atoms in total. The van der Waals surface area contributed by atoms with E-state index in [9.17, 15) is 4.79 Å². The predicted molar refractivity (Wildman–Crippen MR) is 119 cm³/mol. The molecule has 0 aromatic carbocycles. The van der Waals surface area contributed by atoms with Gasteiger partial charge in [0.25, 0.3) is 0 Å². The van der Waals surface area contributed by atoms with E-state index in [1.165, 1.54) is 6.42 Å². The first-order chi connectivity index (χ1) is 15.8. The van der Waals surface area contributed by atoms with Crippen LogP contribution in [0.2, 0.25) is 0 Å². The normalized spacial score (nSPS) is 22.5. The molecule has 2 saturated heterocycles. The Bertz CT molecular complexity index is 909. The van der Waals surface area contributed by atoms with Gasteiger partial charge in [0.1, 0.15) is 5.82 Å². The van der Waals surface area contributed by atoms with E-state index in [0.29, 0.717) is 24.8 Å². The lowest BCUT2D eigenvalue weighted by Gasteiger charge is -2.34. The number of morpholine rings is 1. The number of carbonyl (C=O) groups is 1. The number of rotatable bonds is 7. The topological polar surface area (TPSA) is 96.6 Å². The first-order valence-electron chi connectivity index (χ1n) is 11.9. The number of nitrogens with zero attached hydrogens (tertiary/aromatic N) is 5. The summed E-state index contributed by atoms with van der Waals surface area (Å²) >= 11 is 0. The standard InChI is InChI=1S/C23H32N6O3/c30-22(25-9-11-28-12-14-31-15-13-28)18-6-3-10-29(16-18)21-19(7-2-8-24-21)20-26-23(32-27-20)17-4-1-5-17/h2,7-8,17-18H,1,3-6,9-16H2,(H,25,30)/t18-/m1/s1. The van der Waals surface area contributed by atoms with E-state index in [1.807, 2.05) is 12.1 Å². The number of pyridine rings is 1. The molecule has 0 radical (unpaired) electrons. The quantitative estimate of drug-likeness (QED) is 0.699. The molecular weight excluding hydrogens is 408 g/mol. The van der Waals surface area contributed by atoms with Crippen molar-refractivity contribution in [1.29, 1.82) is 0 Å². The number of hydrogen-bond donors (Lipinski definition) is 1. The van der Waals surface area contributed by atoms with Gasteiger partial charge in [0.2, 0.25) is 17.6 Å². The number of ether oxygens (including phenoxy) is 1. The minimum absolute atomic E-state index is 0.0425. The van der Waals surface area contributed by atoms with Crippen LogP contribution < -0.4 is 10.2 Å². The van der Waals surface area contributed by atoms with Crippen LogP contribution in [0.5, 0.6) is 0 Å². The van der Waals surface area contributed by atoms with E-state index in [1.54, 1.807) is 6.20 Å². The molecule has 2 aliphatic heterocycles. The average Bonchev–Trinajstić information content (AvgIpc) is 3.28. The summed E-state index contributed by atoms with van der Waals surface area (Å²) in [5.74, 6) is 2.65. The van der Waals surface area contributed by atoms with Crippen molar-refractivity contribution in [2.45, 2.75) is 38.0 Å². The summed E-state index contributed by atoms with van der Waals surface area (Å²) in [6, 6.07) is 3.89. The fourth-order valence-corrected chi connectivity index (χ4v) is 4.68. The fourth-order valence-electron chi connectivity index (χ4n) is 4.68. The molecule has 3 fully saturated rings. The molecule has 0 bridgehead atoms. The second-order valence-electron chi connectivity index (χ2n) is 8.99. The monoisotopic (exact) mass is 440 g/mol. The predicted octanol–water partition coefficient (Wildman–Crippen LogP) is 2.06. The third kappa shape index (κ3) is 4.78. The highest BCUT2D eigenvalue weighted by Gasteiger charge is 2.30. The van der Waals surface area contributed by atoms with E-state index >= 15 is 0 Å². The van der Waals surface area contributed by atoms with E-state index in [-0.39, 0.29) is 11.8 Å². The zero-order chi connectivity index (χ0) is 21.8. The van der Waals surface area contributed by atoms with Crippen LogP contribution >= 0.6 is 0 Å². The summed E-state index contributed by atoms with van der Waals surface area (Å²) < 4.78 is 10.9. The van der Waals surface area contributed by atoms with Gasteiger partial charge in [-0.3, -0.25) is 9.69 Å². The highest BCUT2D eigenvalue weighted by Crippen LogP contribution is 2.37. The number of aromatic nitrogens is 3. The lowest BCUT2D eigenvalue weighted by molar-refractivity contribution is -0.125. The molecule has 1 N–H and O–H groups in total. The number of nitrogens with one attached hydrogen (secondary N) is 1. The Kier molecular flexibility index (Phi) is 6.64. The van der Waals surface area contributed by atoms with E-state index in [0.717, 1.165) is 82.3 Å². The van der Waals surface area contributed by atoms with Crippen molar-refractivity contribution in [3.63, 3.8) is 0 Å². The Morgan fingerprint density at radius 3 is 2.84 bits per heavy atom. The molecule has 0 spiro atoms. The Morgan fingerprint density at radius 1 is 1.16 bits per heavy atom. The van der Waals surface area contributed by atoms with Crippen LogP contribution in [0.3, 0.4) is 0 Å². The third-order valence-corrected chi connectivity index (χ3v) is 6.85. The molecule has 1 atom stereocenters. The zero-order valence-corrected chi connectivity index (χ0v) is 18.5. The molecule has 1 saturated carbocycles. The van der Waals surface area contributed by atoms with Gasteiger partial charge >= 0.3 is 0 Å². The number of hydrogen-bond acceptors (Lipinski definition) is 8. The van der Waals surface area contributed by atoms with Crippen LogP contribution in [0.25, 0.3) is 11.4 Å². The molecule has 9 heteroatoms. The summed E-state index contributed by atoms with van der Waals surface area (Å²) in [6.45, 7) is 6.51. The Hall–Kier alpha value is -2.52. The van der Waals surface area contributed by atoms with Gasteiger partial charge in [-0.05, 0) is 37.8 Å². The van der Waals surface area contributed by atoms with Crippen molar-refractivity contribution in [2.75, 3.05) is 57.4 Å². The number of carbonyl (C=O) groups excluding carboxylic acids is 1. The Morgan fingerprint density at radius 2 is 2.03 bits per heavy atom. The van der Waals surface area contributed by atoms with Crippen molar-refractivity contribution in [2.24, 2.45) is 5.92 Å². The van der Waals surface area contributed by atoms with Crippen LogP contribution in [0.1, 0.15) is 43.9 Å². The van der Waals surface area contributed by atoms with E-state index < -0.39 is 0 Å². The second-order valence-corrected chi connectivity index (χ2v) is 8.99. The highest BCUT2D eigenvalue weighted by molar-refractivity contribution is 5.80. The lowest BCUT2D eigenvalue weighted by atomic mass is 9.85. The van der Waals surface area contributed by atoms with Crippen LogP contribution in [-0.4, -0.2) is 78.4 Å². The minimum atomic E-state index is -0.0425. The molecule has 0 unspecified atom stereocenters. The smallest absolute Gasteiger partial charge is 0.230 e. The first-order valence-corrected chi connectivity index (χ1v) is 11.9. The molecule has 3 aliphatic rings. The van der Waals surface area contributed by atoms with Crippen LogP contribution in [0.4, 0.5) is 5.82 Å². The molecular formula is C23H32N6O3. The van der Waals surface area contributed by atoms with Crippen molar-refractivity contribution in [3.8, 4) is 11.4 Å². The molecule has 172 valence electrons. The Balaban J connectivity index is 1.21. The molecule has 1 amide bonds. The maximum absolute atomic E-state index is 12.8. The van der Waals surface area contributed by atoms with Crippen molar-refractivity contribution in [3.05, 3.63) is 24.2 Å². The zero-order valence-electron chi connectivity index (χ0n) is 18.5. The number of anilines is 1. The molecule has 1 aliphatic carbocycles. The third-order valence-electron chi connectivity index (χ3n) is 6.85. The van der Waals surface area contributed by atoms with Crippen molar-refractivity contribution in [1.82, 2.24) is 25.3 Å². The van der Waals surface area contributed by atoms with Gasteiger partial charge < -0.3 is 19.5 Å². The lowest BCUT2D eigenvalue weighted by Crippen LogP contribution is -2.46. The molecule has 2 aromatic heterocycles. The largest absolute Gasteiger partial charge is 0.379 e. The van der Waals surface area contributed by atoms with Gasteiger partial charge in [0, 0.05) is 51.4 Å². The minimum Gasteiger partial charge on any atom is -0.379 e.